The Morgan fingerprint density at radius 3 is 2.76 bits per heavy atom. The molecule has 2 aromatic rings. The summed E-state index contributed by atoms with van der Waals surface area (Å²) in [4.78, 5) is 21.7. The van der Waals surface area contributed by atoms with E-state index in [9.17, 15) is 4.79 Å². The average molecular weight is 289 g/mol. The maximum absolute atomic E-state index is 12.2. The Kier molecular flexibility index (Phi) is 3.14. The fourth-order valence-corrected chi connectivity index (χ4v) is 3.19. The van der Waals surface area contributed by atoms with Crippen molar-refractivity contribution in [1.82, 2.24) is 19.6 Å². The summed E-state index contributed by atoms with van der Waals surface area (Å²) in [5.41, 5.74) is 1.93. The SMILES string of the molecule is O=c1[nH]c2nc(N3CCOCC3)nn2c2c1CCCCC2. The Bertz CT molecular complexity index is 714. The lowest BCUT2D eigenvalue weighted by Gasteiger charge is -2.25. The molecule has 7 nitrogen and oxygen atoms in total. The first kappa shape index (κ1) is 12.8. The van der Waals surface area contributed by atoms with Gasteiger partial charge in [-0.15, -0.1) is 5.10 Å². The van der Waals surface area contributed by atoms with Crippen molar-refractivity contribution in [2.45, 2.75) is 32.1 Å². The monoisotopic (exact) mass is 289 g/mol. The van der Waals surface area contributed by atoms with Crippen LogP contribution in [-0.2, 0) is 17.6 Å². The van der Waals surface area contributed by atoms with Gasteiger partial charge in [-0.05, 0) is 25.7 Å². The van der Waals surface area contributed by atoms with E-state index in [0.29, 0.717) is 24.9 Å². The van der Waals surface area contributed by atoms with E-state index in [2.05, 4.69) is 20.0 Å². The van der Waals surface area contributed by atoms with Crippen molar-refractivity contribution >= 4 is 11.7 Å². The summed E-state index contributed by atoms with van der Waals surface area (Å²) < 4.78 is 7.20. The molecule has 1 aliphatic carbocycles. The van der Waals surface area contributed by atoms with Crippen molar-refractivity contribution in [1.29, 1.82) is 0 Å². The Morgan fingerprint density at radius 1 is 1.10 bits per heavy atom. The molecule has 0 unspecified atom stereocenters. The molecule has 1 saturated heterocycles. The summed E-state index contributed by atoms with van der Waals surface area (Å²) in [5, 5.41) is 4.64. The third kappa shape index (κ3) is 2.21. The molecular formula is C14H19N5O2. The minimum atomic E-state index is 0.000303. The van der Waals surface area contributed by atoms with Crippen molar-refractivity contribution in [3.05, 3.63) is 21.6 Å². The lowest BCUT2D eigenvalue weighted by atomic mass is 10.1. The molecule has 0 aromatic carbocycles. The highest BCUT2D eigenvalue weighted by Gasteiger charge is 2.21. The van der Waals surface area contributed by atoms with Gasteiger partial charge in [-0.3, -0.25) is 9.78 Å². The van der Waals surface area contributed by atoms with Crippen molar-refractivity contribution in [2.24, 2.45) is 0 Å². The lowest BCUT2D eigenvalue weighted by Crippen LogP contribution is -2.36. The van der Waals surface area contributed by atoms with Gasteiger partial charge in [-0.25, -0.2) is 4.52 Å². The largest absolute Gasteiger partial charge is 0.378 e. The van der Waals surface area contributed by atoms with Crippen molar-refractivity contribution in [2.75, 3.05) is 31.2 Å². The van der Waals surface area contributed by atoms with Crippen LogP contribution < -0.4 is 10.5 Å². The molecule has 0 bridgehead atoms. The van der Waals surface area contributed by atoms with Crippen LogP contribution in [0.2, 0.25) is 0 Å². The Labute approximate surface area is 121 Å². The number of aryl methyl sites for hydroxylation is 1. The molecule has 0 amide bonds. The predicted octanol–water partition coefficient (Wildman–Crippen LogP) is 0.523. The molecule has 1 aliphatic heterocycles. The van der Waals surface area contributed by atoms with Crippen LogP contribution in [0.1, 0.15) is 30.5 Å². The number of hydrogen-bond donors (Lipinski definition) is 1. The third-order valence-electron chi connectivity index (χ3n) is 4.33. The third-order valence-corrected chi connectivity index (χ3v) is 4.33. The minimum absolute atomic E-state index is 0.000303. The zero-order valence-corrected chi connectivity index (χ0v) is 12.0. The van der Waals surface area contributed by atoms with E-state index in [1.165, 1.54) is 6.42 Å². The van der Waals surface area contributed by atoms with Gasteiger partial charge in [0.15, 0.2) is 0 Å². The number of aromatic nitrogens is 4. The molecule has 21 heavy (non-hydrogen) atoms. The minimum Gasteiger partial charge on any atom is -0.378 e. The fraction of sp³-hybridized carbons (Fsp3) is 0.643. The molecule has 4 rings (SSSR count). The first-order valence-corrected chi connectivity index (χ1v) is 7.66. The average Bonchev–Trinajstić information content (AvgIpc) is 2.77. The van der Waals surface area contributed by atoms with E-state index in [1.807, 2.05) is 4.52 Å². The van der Waals surface area contributed by atoms with Crippen molar-refractivity contribution < 1.29 is 4.74 Å². The van der Waals surface area contributed by atoms with Crippen LogP contribution in [0, 0.1) is 0 Å². The lowest BCUT2D eigenvalue weighted by molar-refractivity contribution is 0.122. The fourth-order valence-electron chi connectivity index (χ4n) is 3.19. The van der Waals surface area contributed by atoms with Crippen LogP contribution in [0.4, 0.5) is 5.95 Å². The zero-order chi connectivity index (χ0) is 14.2. The molecule has 7 heteroatoms. The van der Waals surface area contributed by atoms with Gasteiger partial charge in [-0.1, -0.05) is 6.42 Å². The van der Waals surface area contributed by atoms with E-state index in [1.54, 1.807) is 0 Å². The Morgan fingerprint density at radius 2 is 1.90 bits per heavy atom. The number of rotatable bonds is 1. The predicted molar refractivity (Wildman–Crippen MR) is 77.9 cm³/mol. The standard InChI is InChI=1S/C14H19N5O2/c20-12-10-4-2-1-3-5-11(10)19-13(15-12)16-14(17-19)18-6-8-21-9-7-18/h1-9H2,(H,15,16,17,20). The quantitative estimate of drug-likeness (QED) is 0.775. The van der Waals surface area contributed by atoms with Gasteiger partial charge in [-0.2, -0.15) is 4.98 Å². The van der Waals surface area contributed by atoms with Gasteiger partial charge in [0.25, 0.3) is 5.56 Å². The number of fused-ring (bicyclic) bond motifs is 3. The van der Waals surface area contributed by atoms with Gasteiger partial charge < -0.3 is 9.64 Å². The van der Waals surface area contributed by atoms with Crippen molar-refractivity contribution in [3.8, 4) is 0 Å². The number of morpholine rings is 1. The van der Waals surface area contributed by atoms with Gasteiger partial charge in [0, 0.05) is 18.7 Å². The molecule has 0 spiro atoms. The number of nitrogens with zero attached hydrogens (tertiary/aromatic N) is 4. The highest BCUT2D eigenvalue weighted by Crippen LogP contribution is 2.19. The Balaban J connectivity index is 1.83. The maximum atomic E-state index is 12.2. The number of ether oxygens (including phenoxy) is 1. The first-order chi connectivity index (χ1) is 10.3. The van der Waals surface area contributed by atoms with Gasteiger partial charge >= 0.3 is 0 Å². The molecule has 0 atom stereocenters. The number of nitrogens with one attached hydrogen (secondary N) is 1. The highest BCUT2D eigenvalue weighted by atomic mass is 16.5. The van der Waals surface area contributed by atoms with Crippen LogP contribution in [0.3, 0.4) is 0 Å². The van der Waals surface area contributed by atoms with Crippen LogP contribution in [0.15, 0.2) is 4.79 Å². The number of hydrogen-bond acceptors (Lipinski definition) is 5. The van der Waals surface area contributed by atoms with Crippen LogP contribution in [0.25, 0.3) is 5.78 Å². The van der Waals surface area contributed by atoms with Crippen LogP contribution >= 0.6 is 0 Å². The summed E-state index contributed by atoms with van der Waals surface area (Å²) in [6.07, 6.45) is 5.10. The van der Waals surface area contributed by atoms with Gasteiger partial charge in [0.2, 0.25) is 11.7 Å². The molecular weight excluding hydrogens is 270 g/mol. The molecule has 3 heterocycles. The molecule has 112 valence electrons. The molecule has 1 fully saturated rings. The highest BCUT2D eigenvalue weighted by molar-refractivity contribution is 5.42. The van der Waals surface area contributed by atoms with Gasteiger partial charge in [0.1, 0.15) is 0 Å². The van der Waals surface area contributed by atoms with Crippen LogP contribution in [0.5, 0.6) is 0 Å². The molecule has 0 radical (unpaired) electrons. The summed E-state index contributed by atoms with van der Waals surface area (Å²) >= 11 is 0. The Hall–Kier alpha value is -1.89. The van der Waals surface area contributed by atoms with E-state index < -0.39 is 0 Å². The second kappa shape index (κ2) is 5.14. The summed E-state index contributed by atoms with van der Waals surface area (Å²) in [6, 6.07) is 0. The van der Waals surface area contributed by atoms with Gasteiger partial charge in [0.05, 0.1) is 18.9 Å². The second-order valence-corrected chi connectivity index (χ2v) is 5.69. The summed E-state index contributed by atoms with van der Waals surface area (Å²) in [5.74, 6) is 1.24. The smallest absolute Gasteiger partial charge is 0.255 e. The topological polar surface area (TPSA) is 75.5 Å². The van der Waals surface area contributed by atoms with Crippen molar-refractivity contribution in [3.63, 3.8) is 0 Å². The summed E-state index contributed by atoms with van der Waals surface area (Å²) in [6.45, 7) is 2.99. The van der Waals surface area contributed by atoms with E-state index in [0.717, 1.165) is 50.0 Å². The molecule has 2 aliphatic rings. The molecule has 2 aromatic heterocycles. The van der Waals surface area contributed by atoms with E-state index >= 15 is 0 Å². The maximum Gasteiger partial charge on any atom is 0.255 e. The van der Waals surface area contributed by atoms with E-state index in [4.69, 9.17) is 4.74 Å². The number of anilines is 1. The van der Waals surface area contributed by atoms with E-state index in [-0.39, 0.29) is 5.56 Å². The molecule has 1 N–H and O–H groups in total. The zero-order valence-electron chi connectivity index (χ0n) is 12.0. The second-order valence-electron chi connectivity index (χ2n) is 5.69. The first-order valence-electron chi connectivity index (χ1n) is 7.66. The number of aromatic amines is 1. The van der Waals surface area contributed by atoms with Crippen LogP contribution in [-0.4, -0.2) is 45.9 Å². The normalized spacial score (nSPS) is 19.5. The molecule has 0 saturated carbocycles. The summed E-state index contributed by atoms with van der Waals surface area (Å²) in [7, 11) is 0. The number of H-pyrrole nitrogens is 1.